The van der Waals surface area contributed by atoms with Crippen LogP contribution in [0.1, 0.15) is 82.5 Å². The number of benzene rings is 2. The summed E-state index contributed by atoms with van der Waals surface area (Å²) in [5.74, 6) is -3.16. The lowest BCUT2D eigenvalue weighted by Gasteiger charge is -2.21. The third-order valence-corrected chi connectivity index (χ3v) is 7.56. The average molecular weight is 708 g/mol. The van der Waals surface area contributed by atoms with Crippen molar-refractivity contribution >= 4 is 17.9 Å². The molecule has 2 aromatic carbocycles. The summed E-state index contributed by atoms with van der Waals surface area (Å²) in [4.78, 5) is 31.8. The molecule has 0 unspecified atom stereocenters. The SMILES string of the molecule is CCOC(=O)C(O)(CC(=O)O)CC(=O)O.Cc1ccc(CCOc2ccccc2)n1-c1ccc(F)cc1OCCCCCCCCCC(F)F. The topological polar surface area (TPSA) is 145 Å². The Morgan fingerprint density at radius 3 is 2.04 bits per heavy atom. The van der Waals surface area contributed by atoms with Crippen LogP contribution in [-0.4, -0.2) is 69.6 Å². The van der Waals surface area contributed by atoms with Gasteiger partial charge < -0.3 is 34.1 Å². The lowest BCUT2D eigenvalue weighted by molar-refractivity contribution is -0.175. The first-order chi connectivity index (χ1) is 23.9. The first-order valence-electron chi connectivity index (χ1n) is 16.8. The number of hydrogen-bond donors (Lipinski definition) is 3. The maximum atomic E-state index is 14.1. The largest absolute Gasteiger partial charge is 0.493 e. The molecule has 0 amide bonds. The number of aliphatic carboxylic acids is 2. The van der Waals surface area contributed by atoms with Gasteiger partial charge in [0, 0.05) is 30.3 Å². The standard InChI is InChI=1S/C29H36F3NO2.C8H12O7/c1-23-15-17-25(19-21-34-26-12-8-7-9-13-26)33(23)27-18-16-24(30)22-28(27)35-20-11-6-4-2-3-5-10-14-29(31)32;1-2-15-7(13)8(14,3-5(9)10)4-6(11)12/h7-9,12-13,15-18,22,29H,2-6,10-11,14,19-21H2,1H3;14H,2-4H2,1H3,(H,9,10)(H,11,12). The monoisotopic (exact) mass is 707 g/mol. The summed E-state index contributed by atoms with van der Waals surface area (Å²) >= 11 is 0. The van der Waals surface area contributed by atoms with E-state index in [4.69, 9.17) is 19.7 Å². The zero-order valence-corrected chi connectivity index (χ0v) is 28.6. The molecule has 0 aliphatic heterocycles. The molecule has 0 atom stereocenters. The second-order valence-electron chi connectivity index (χ2n) is 11.7. The van der Waals surface area contributed by atoms with Gasteiger partial charge in [0.15, 0.2) is 5.60 Å². The van der Waals surface area contributed by atoms with Crippen LogP contribution < -0.4 is 9.47 Å². The predicted octanol–water partition coefficient (Wildman–Crippen LogP) is 7.54. The molecule has 50 heavy (non-hydrogen) atoms. The molecule has 0 saturated heterocycles. The van der Waals surface area contributed by atoms with E-state index in [0.29, 0.717) is 31.8 Å². The average Bonchev–Trinajstić information content (AvgIpc) is 3.41. The van der Waals surface area contributed by atoms with Crippen molar-refractivity contribution in [1.82, 2.24) is 4.57 Å². The minimum absolute atomic E-state index is 0.00639. The molecule has 3 rings (SSSR count). The van der Waals surface area contributed by atoms with Crippen LogP contribution in [0.15, 0.2) is 60.7 Å². The van der Waals surface area contributed by atoms with E-state index in [9.17, 15) is 32.7 Å². The molecule has 0 aliphatic carbocycles. The van der Waals surface area contributed by atoms with Crippen molar-refractivity contribution in [3.63, 3.8) is 0 Å². The van der Waals surface area contributed by atoms with Crippen LogP contribution in [0.3, 0.4) is 0 Å². The lowest BCUT2D eigenvalue weighted by Crippen LogP contribution is -2.44. The zero-order chi connectivity index (χ0) is 36.9. The number of carbonyl (C=O) groups excluding carboxylic acids is 1. The van der Waals surface area contributed by atoms with E-state index in [-0.39, 0.29) is 18.8 Å². The molecule has 3 N–H and O–H groups in total. The van der Waals surface area contributed by atoms with Gasteiger partial charge in [0.25, 0.3) is 0 Å². The van der Waals surface area contributed by atoms with Crippen LogP contribution in [0.5, 0.6) is 11.5 Å². The molecule has 10 nitrogen and oxygen atoms in total. The Hall–Kier alpha value is -4.52. The summed E-state index contributed by atoms with van der Waals surface area (Å²) in [5.41, 5.74) is 0.431. The van der Waals surface area contributed by atoms with Gasteiger partial charge in [-0.1, -0.05) is 50.3 Å². The first kappa shape index (κ1) is 41.7. The Labute approximate surface area is 290 Å². The second kappa shape index (κ2) is 22.2. The summed E-state index contributed by atoms with van der Waals surface area (Å²) in [6.45, 7) is 4.46. The summed E-state index contributed by atoms with van der Waals surface area (Å²) < 4.78 is 56.7. The summed E-state index contributed by atoms with van der Waals surface area (Å²) in [6.07, 6.45) is 2.95. The van der Waals surface area contributed by atoms with Crippen molar-refractivity contribution in [1.29, 1.82) is 0 Å². The molecule has 0 fully saturated rings. The van der Waals surface area contributed by atoms with Crippen LogP contribution >= 0.6 is 0 Å². The molecular formula is C37H48F3NO9. The number of carbonyl (C=O) groups is 3. The minimum Gasteiger partial charge on any atom is -0.493 e. The molecule has 0 bridgehead atoms. The van der Waals surface area contributed by atoms with Gasteiger partial charge in [0.1, 0.15) is 17.3 Å². The lowest BCUT2D eigenvalue weighted by atomic mass is 9.96. The third kappa shape index (κ3) is 15.4. The van der Waals surface area contributed by atoms with Crippen LogP contribution in [0.4, 0.5) is 13.2 Å². The van der Waals surface area contributed by atoms with E-state index in [1.165, 1.54) is 19.1 Å². The quantitative estimate of drug-likeness (QED) is 0.0713. The maximum Gasteiger partial charge on any atom is 0.339 e. The number of ether oxygens (including phenoxy) is 3. The van der Waals surface area contributed by atoms with Crippen molar-refractivity contribution in [3.05, 3.63) is 77.9 Å². The second-order valence-corrected chi connectivity index (χ2v) is 11.7. The van der Waals surface area contributed by atoms with Crippen LogP contribution in [0, 0.1) is 12.7 Å². The molecular weight excluding hydrogens is 659 g/mol. The number of aromatic nitrogens is 1. The normalized spacial score (nSPS) is 11.1. The van der Waals surface area contributed by atoms with Crippen molar-refractivity contribution in [2.75, 3.05) is 19.8 Å². The zero-order valence-electron chi connectivity index (χ0n) is 28.6. The Bertz CT molecular complexity index is 1450. The van der Waals surface area contributed by atoms with Gasteiger partial charge in [-0.25, -0.2) is 18.0 Å². The van der Waals surface area contributed by atoms with Crippen molar-refractivity contribution in [3.8, 4) is 17.2 Å². The van der Waals surface area contributed by atoms with E-state index >= 15 is 0 Å². The van der Waals surface area contributed by atoms with Gasteiger partial charge >= 0.3 is 17.9 Å². The number of aliphatic hydroxyl groups is 1. The number of esters is 1. The number of nitrogens with zero attached hydrogens (tertiary/aromatic N) is 1. The number of carboxylic acid groups (broad SMARTS) is 2. The fourth-order valence-electron chi connectivity index (χ4n) is 5.15. The number of aryl methyl sites for hydroxylation is 1. The number of unbranched alkanes of at least 4 members (excludes halogenated alkanes) is 6. The highest BCUT2D eigenvalue weighted by atomic mass is 19.3. The molecule has 3 aromatic rings. The van der Waals surface area contributed by atoms with Crippen molar-refractivity contribution < 1.29 is 57.1 Å². The smallest absolute Gasteiger partial charge is 0.339 e. The van der Waals surface area contributed by atoms with Gasteiger partial charge in [-0.05, 0) is 63.1 Å². The first-order valence-corrected chi connectivity index (χ1v) is 16.8. The molecule has 0 spiro atoms. The van der Waals surface area contributed by atoms with E-state index < -0.39 is 42.8 Å². The molecule has 1 aromatic heterocycles. The molecule has 276 valence electrons. The highest BCUT2D eigenvalue weighted by Crippen LogP contribution is 2.28. The fourth-order valence-corrected chi connectivity index (χ4v) is 5.15. The highest BCUT2D eigenvalue weighted by molar-refractivity contribution is 5.89. The molecule has 0 radical (unpaired) electrons. The van der Waals surface area contributed by atoms with E-state index in [1.807, 2.05) is 43.3 Å². The van der Waals surface area contributed by atoms with Gasteiger partial charge in [0.2, 0.25) is 6.43 Å². The molecule has 1 heterocycles. The van der Waals surface area contributed by atoms with E-state index in [0.717, 1.165) is 61.3 Å². The Morgan fingerprint density at radius 1 is 0.820 bits per heavy atom. The Balaban J connectivity index is 0.000000487. The van der Waals surface area contributed by atoms with Crippen LogP contribution in [0.25, 0.3) is 5.69 Å². The van der Waals surface area contributed by atoms with Crippen molar-refractivity contribution in [2.45, 2.75) is 96.5 Å². The summed E-state index contributed by atoms with van der Waals surface area (Å²) in [6, 6.07) is 18.5. The summed E-state index contributed by atoms with van der Waals surface area (Å²) in [5, 5.41) is 26.4. The number of alkyl halides is 2. The van der Waals surface area contributed by atoms with E-state index in [1.54, 1.807) is 6.07 Å². The number of halogens is 3. The van der Waals surface area contributed by atoms with Crippen LogP contribution in [-0.2, 0) is 25.5 Å². The molecule has 0 aliphatic rings. The van der Waals surface area contributed by atoms with Gasteiger partial charge in [-0.2, -0.15) is 0 Å². The molecule has 0 saturated carbocycles. The minimum atomic E-state index is -2.51. The fraction of sp³-hybridized carbons (Fsp3) is 0.486. The number of rotatable bonds is 22. The van der Waals surface area contributed by atoms with Gasteiger partial charge in [-0.15, -0.1) is 0 Å². The number of para-hydroxylation sites is 1. The van der Waals surface area contributed by atoms with E-state index in [2.05, 4.69) is 15.4 Å². The molecule has 13 heteroatoms. The third-order valence-electron chi connectivity index (χ3n) is 7.56. The van der Waals surface area contributed by atoms with Crippen molar-refractivity contribution in [2.24, 2.45) is 0 Å². The number of hydrogen-bond acceptors (Lipinski definition) is 7. The van der Waals surface area contributed by atoms with Gasteiger partial charge in [0.05, 0.1) is 38.3 Å². The predicted molar refractivity (Wildman–Crippen MR) is 181 cm³/mol. The van der Waals surface area contributed by atoms with Crippen LogP contribution in [0.2, 0.25) is 0 Å². The Kier molecular flexibility index (Phi) is 18.5. The summed E-state index contributed by atoms with van der Waals surface area (Å²) in [7, 11) is 0. The highest BCUT2D eigenvalue weighted by Gasteiger charge is 2.42. The Morgan fingerprint density at radius 2 is 1.44 bits per heavy atom. The van der Waals surface area contributed by atoms with Gasteiger partial charge in [-0.3, -0.25) is 9.59 Å². The maximum absolute atomic E-state index is 14.1. The number of carboxylic acids is 2.